The van der Waals surface area contributed by atoms with Crippen LogP contribution < -0.4 is 5.73 Å². The van der Waals surface area contributed by atoms with Crippen LogP contribution in [0.25, 0.3) is 0 Å². The van der Waals surface area contributed by atoms with Crippen LogP contribution in [0.5, 0.6) is 0 Å². The second-order valence-electron chi connectivity index (χ2n) is 3.28. The Morgan fingerprint density at radius 3 is 2.79 bits per heavy atom. The minimum absolute atomic E-state index is 0.178. The zero-order chi connectivity index (χ0) is 10.6. The molecular weight excluding hydrogens is 179 g/mol. The molecule has 0 radical (unpaired) electrons. The molecule has 0 bridgehead atoms. The summed E-state index contributed by atoms with van der Waals surface area (Å²) in [7, 11) is 0. The van der Waals surface area contributed by atoms with Crippen LogP contribution in [-0.2, 0) is 0 Å². The van der Waals surface area contributed by atoms with Crippen molar-refractivity contribution in [3.05, 3.63) is 35.1 Å². The third-order valence-electron chi connectivity index (χ3n) is 2.08. The van der Waals surface area contributed by atoms with Crippen LogP contribution in [0.15, 0.2) is 18.2 Å². The summed E-state index contributed by atoms with van der Waals surface area (Å²) in [6.07, 6.45) is 1.74. The van der Waals surface area contributed by atoms with E-state index in [9.17, 15) is 4.39 Å². The second-order valence-corrected chi connectivity index (χ2v) is 3.28. The van der Waals surface area contributed by atoms with Crippen LogP contribution >= 0.6 is 0 Å². The lowest BCUT2D eigenvalue weighted by Crippen LogP contribution is -2.10. The number of rotatable bonds is 3. The van der Waals surface area contributed by atoms with Gasteiger partial charge in [0.25, 0.3) is 0 Å². The number of benzene rings is 1. The van der Waals surface area contributed by atoms with Crippen LogP contribution in [0.4, 0.5) is 4.39 Å². The molecule has 1 atom stereocenters. The SMILES string of the molecule is CCC[C@@H](N)c1cc(F)cc(C#N)c1. The molecule has 0 aliphatic carbocycles. The van der Waals surface area contributed by atoms with Gasteiger partial charge in [0, 0.05) is 6.04 Å². The van der Waals surface area contributed by atoms with E-state index < -0.39 is 5.82 Å². The molecule has 2 N–H and O–H groups in total. The van der Waals surface area contributed by atoms with Crippen molar-refractivity contribution in [1.29, 1.82) is 5.26 Å². The van der Waals surface area contributed by atoms with Gasteiger partial charge in [-0.25, -0.2) is 4.39 Å². The maximum Gasteiger partial charge on any atom is 0.124 e. The fourth-order valence-corrected chi connectivity index (χ4v) is 1.37. The van der Waals surface area contributed by atoms with E-state index in [0.717, 1.165) is 12.8 Å². The van der Waals surface area contributed by atoms with E-state index in [1.54, 1.807) is 6.07 Å². The van der Waals surface area contributed by atoms with E-state index in [1.165, 1.54) is 12.1 Å². The molecule has 0 aromatic heterocycles. The number of hydrogen-bond acceptors (Lipinski definition) is 2. The molecule has 2 nitrogen and oxygen atoms in total. The average molecular weight is 192 g/mol. The first-order valence-corrected chi connectivity index (χ1v) is 4.63. The van der Waals surface area contributed by atoms with Gasteiger partial charge in [-0.3, -0.25) is 0 Å². The first-order chi connectivity index (χ1) is 6.67. The molecule has 0 aliphatic rings. The van der Waals surface area contributed by atoms with Gasteiger partial charge in [0.2, 0.25) is 0 Å². The lowest BCUT2D eigenvalue weighted by molar-refractivity contribution is 0.604. The smallest absolute Gasteiger partial charge is 0.124 e. The van der Waals surface area contributed by atoms with E-state index in [2.05, 4.69) is 0 Å². The lowest BCUT2D eigenvalue weighted by Gasteiger charge is -2.10. The largest absolute Gasteiger partial charge is 0.324 e. The molecular formula is C11H13FN2. The van der Waals surface area contributed by atoms with Gasteiger partial charge in [0.05, 0.1) is 11.6 Å². The van der Waals surface area contributed by atoms with E-state index in [-0.39, 0.29) is 6.04 Å². The lowest BCUT2D eigenvalue weighted by atomic mass is 10.0. The van der Waals surface area contributed by atoms with Gasteiger partial charge in [0.15, 0.2) is 0 Å². The minimum Gasteiger partial charge on any atom is -0.324 e. The van der Waals surface area contributed by atoms with Crippen LogP contribution in [-0.4, -0.2) is 0 Å². The Morgan fingerprint density at radius 2 is 2.21 bits per heavy atom. The predicted molar refractivity (Wildman–Crippen MR) is 53.0 cm³/mol. The summed E-state index contributed by atoms with van der Waals surface area (Å²) in [5.74, 6) is -0.398. The van der Waals surface area contributed by atoms with E-state index in [1.807, 2.05) is 13.0 Å². The molecule has 0 heterocycles. The molecule has 0 amide bonds. The molecule has 0 unspecified atom stereocenters. The Bertz CT molecular complexity index is 355. The Kier molecular flexibility index (Phi) is 3.61. The highest BCUT2D eigenvalue weighted by molar-refractivity contribution is 5.34. The fraction of sp³-hybridized carbons (Fsp3) is 0.364. The van der Waals surface area contributed by atoms with Crippen molar-refractivity contribution in [2.24, 2.45) is 5.73 Å². The number of hydrogen-bond donors (Lipinski definition) is 1. The number of nitrogens with two attached hydrogens (primary N) is 1. The van der Waals surface area contributed by atoms with E-state index in [4.69, 9.17) is 11.0 Å². The highest BCUT2D eigenvalue weighted by atomic mass is 19.1. The minimum atomic E-state index is -0.398. The Balaban J connectivity index is 2.98. The number of nitrogens with zero attached hydrogens (tertiary/aromatic N) is 1. The maximum atomic E-state index is 13.0. The van der Waals surface area contributed by atoms with E-state index in [0.29, 0.717) is 11.1 Å². The van der Waals surface area contributed by atoms with Crippen molar-refractivity contribution in [2.75, 3.05) is 0 Å². The van der Waals surface area contributed by atoms with Gasteiger partial charge in [-0.05, 0) is 30.2 Å². The topological polar surface area (TPSA) is 49.8 Å². The standard InChI is InChI=1S/C11H13FN2/c1-2-3-11(14)9-4-8(7-13)5-10(12)6-9/h4-6,11H,2-3,14H2,1H3/t11-/m1/s1. The fourth-order valence-electron chi connectivity index (χ4n) is 1.37. The number of nitriles is 1. The molecule has 14 heavy (non-hydrogen) atoms. The summed E-state index contributed by atoms with van der Waals surface area (Å²) >= 11 is 0. The Labute approximate surface area is 83.2 Å². The molecule has 1 rings (SSSR count). The van der Waals surface area contributed by atoms with Crippen molar-refractivity contribution < 1.29 is 4.39 Å². The molecule has 74 valence electrons. The molecule has 0 spiro atoms. The van der Waals surface area contributed by atoms with Crippen LogP contribution in [0.3, 0.4) is 0 Å². The number of halogens is 1. The maximum absolute atomic E-state index is 13.0. The van der Waals surface area contributed by atoms with Gasteiger partial charge in [0.1, 0.15) is 5.82 Å². The zero-order valence-electron chi connectivity index (χ0n) is 8.13. The van der Waals surface area contributed by atoms with Crippen LogP contribution in [0.1, 0.15) is 36.9 Å². The molecule has 1 aromatic carbocycles. The van der Waals surface area contributed by atoms with Crippen LogP contribution in [0.2, 0.25) is 0 Å². The summed E-state index contributed by atoms with van der Waals surface area (Å²) in [5, 5.41) is 8.64. The van der Waals surface area contributed by atoms with Crippen molar-refractivity contribution in [1.82, 2.24) is 0 Å². The van der Waals surface area contributed by atoms with Gasteiger partial charge in [-0.1, -0.05) is 13.3 Å². The molecule has 0 aliphatic heterocycles. The molecule has 1 aromatic rings. The first-order valence-electron chi connectivity index (χ1n) is 4.63. The highest BCUT2D eigenvalue weighted by Crippen LogP contribution is 2.18. The predicted octanol–water partition coefficient (Wildman–Crippen LogP) is 2.50. The summed E-state index contributed by atoms with van der Waals surface area (Å²) in [5.41, 5.74) is 6.85. The zero-order valence-corrected chi connectivity index (χ0v) is 8.13. The second kappa shape index (κ2) is 4.73. The molecule has 0 saturated heterocycles. The summed E-state index contributed by atoms with van der Waals surface area (Å²) in [6.45, 7) is 2.02. The summed E-state index contributed by atoms with van der Waals surface area (Å²) < 4.78 is 13.0. The van der Waals surface area contributed by atoms with Crippen molar-refractivity contribution >= 4 is 0 Å². The third-order valence-corrected chi connectivity index (χ3v) is 2.08. The molecule has 0 fully saturated rings. The summed E-state index contributed by atoms with van der Waals surface area (Å²) in [6, 6.07) is 5.97. The average Bonchev–Trinajstić information content (AvgIpc) is 2.17. The summed E-state index contributed by atoms with van der Waals surface area (Å²) in [4.78, 5) is 0. The molecule has 3 heteroatoms. The van der Waals surface area contributed by atoms with Crippen molar-refractivity contribution in [2.45, 2.75) is 25.8 Å². The van der Waals surface area contributed by atoms with Crippen molar-refractivity contribution in [3.8, 4) is 6.07 Å². The van der Waals surface area contributed by atoms with E-state index >= 15 is 0 Å². The normalized spacial score (nSPS) is 12.1. The first kappa shape index (κ1) is 10.7. The molecule has 0 saturated carbocycles. The van der Waals surface area contributed by atoms with Gasteiger partial charge < -0.3 is 5.73 Å². The van der Waals surface area contributed by atoms with Gasteiger partial charge >= 0.3 is 0 Å². The van der Waals surface area contributed by atoms with Crippen LogP contribution in [0, 0.1) is 17.1 Å². The van der Waals surface area contributed by atoms with Gasteiger partial charge in [-0.2, -0.15) is 5.26 Å². The van der Waals surface area contributed by atoms with Gasteiger partial charge in [-0.15, -0.1) is 0 Å². The highest BCUT2D eigenvalue weighted by Gasteiger charge is 2.07. The van der Waals surface area contributed by atoms with Crippen molar-refractivity contribution in [3.63, 3.8) is 0 Å². The monoisotopic (exact) mass is 192 g/mol. The Morgan fingerprint density at radius 1 is 1.50 bits per heavy atom. The third kappa shape index (κ3) is 2.54. The quantitative estimate of drug-likeness (QED) is 0.799. The Hall–Kier alpha value is -1.40.